The third kappa shape index (κ3) is 5.20. The molecule has 12 heteroatoms. The molecule has 192 valence electrons. The Labute approximate surface area is 217 Å². The maximum Gasteiger partial charge on any atom is 0.335 e. The van der Waals surface area contributed by atoms with Crippen LogP contribution in [-0.4, -0.2) is 34.7 Å². The molecule has 2 heterocycles. The van der Waals surface area contributed by atoms with Crippen LogP contribution in [0.4, 0.5) is 5.69 Å². The van der Waals surface area contributed by atoms with Crippen molar-refractivity contribution >= 4 is 33.0 Å². The second-order valence-corrected chi connectivity index (χ2v) is 11.6. The highest BCUT2D eigenvalue weighted by atomic mass is 32.2. The van der Waals surface area contributed by atoms with Crippen molar-refractivity contribution in [2.75, 3.05) is 4.31 Å². The van der Waals surface area contributed by atoms with E-state index in [4.69, 9.17) is 14.3 Å². The Balaban J connectivity index is 1.56. The van der Waals surface area contributed by atoms with Gasteiger partial charge in [-0.3, -0.25) is 4.31 Å². The molecule has 5 rings (SSSR count). The summed E-state index contributed by atoms with van der Waals surface area (Å²) in [5.41, 5.74) is 4.04. The van der Waals surface area contributed by atoms with Crippen molar-refractivity contribution in [1.29, 1.82) is 0 Å². The number of anilines is 1. The number of carbonyl (C=O) groups is 1. The van der Waals surface area contributed by atoms with E-state index in [9.17, 15) is 13.2 Å². The molecule has 0 radical (unpaired) electrons. The number of benzene rings is 2. The number of fused-ring (bicyclic) bond motifs is 1. The van der Waals surface area contributed by atoms with Crippen molar-refractivity contribution in [2.24, 2.45) is 0 Å². The van der Waals surface area contributed by atoms with Crippen LogP contribution in [0.15, 0.2) is 50.5 Å². The Morgan fingerprint density at radius 1 is 1.14 bits per heavy atom. The summed E-state index contributed by atoms with van der Waals surface area (Å²) in [7, 11) is -4.09. The molecule has 1 aliphatic carbocycles. The fraction of sp³-hybridized carbons (Fsp3) is 0.280. The summed E-state index contributed by atoms with van der Waals surface area (Å²) in [6.07, 6.45) is 2.68. The molecule has 0 amide bonds. The molecule has 0 saturated carbocycles. The number of aromatic nitrogens is 3. The first-order chi connectivity index (χ1) is 17.7. The molecular formula is C25H24N4O6S2. The van der Waals surface area contributed by atoms with E-state index in [2.05, 4.69) is 15.2 Å². The number of carboxylic acid groups (broad SMARTS) is 1. The van der Waals surface area contributed by atoms with Crippen LogP contribution in [0, 0.1) is 13.8 Å². The minimum atomic E-state index is -4.09. The highest BCUT2D eigenvalue weighted by molar-refractivity contribution is 7.94. The van der Waals surface area contributed by atoms with Gasteiger partial charge in [-0.05, 0) is 67.1 Å². The van der Waals surface area contributed by atoms with Crippen molar-refractivity contribution in [3.8, 4) is 5.75 Å². The molecule has 0 bridgehead atoms. The van der Waals surface area contributed by atoms with Crippen LogP contribution in [0.2, 0.25) is 0 Å². The Morgan fingerprint density at radius 2 is 1.86 bits per heavy atom. The summed E-state index contributed by atoms with van der Waals surface area (Å²) in [4.78, 5) is 15.4. The van der Waals surface area contributed by atoms with Crippen LogP contribution >= 0.6 is 11.3 Å². The molecule has 0 spiro atoms. The van der Waals surface area contributed by atoms with Gasteiger partial charge in [0.25, 0.3) is 10.0 Å². The standard InChI is InChI=1S/C25H24N4O6S2/c1-15-14-36-25(26-15)37(32,33)29(12-23-28-27-16(2)35-23)21-10-19-4-3-5-20(19)11-22(21)34-13-17-6-8-18(9-7-17)24(30)31/h6-11,14H,3-5,12-13H2,1-2H3,(H,30,31). The Hall–Kier alpha value is -3.77. The number of hydrogen-bond acceptors (Lipinski definition) is 9. The Morgan fingerprint density at radius 3 is 2.49 bits per heavy atom. The van der Waals surface area contributed by atoms with Crippen molar-refractivity contribution in [3.63, 3.8) is 0 Å². The number of rotatable bonds is 9. The fourth-order valence-electron chi connectivity index (χ4n) is 4.17. The predicted molar refractivity (Wildman–Crippen MR) is 135 cm³/mol. The van der Waals surface area contributed by atoms with Crippen LogP contribution in [0.1, 0.15) is 50.9 Å². The molecule has 0 saturated heterocycles. The second-order valence-electron chi connectivity index (χ2n) is 8.71. The van der Waals surface area contributed by atoms with Crippen molar-refractivity contribution < 1.29 is 27.5 Å². The maximum absolute atomic E-state index is 13.9. The van der Waals surface area contributed by atoms with Gasteiger partial charge < -0.3 is 14.3 Å². The molecule has 0 atom stereocenters. The van der Waals surface area contributed by atoms with E-state index in [1.165, 1.54) is 16.4 Å². The van der Waals surface area contributed by atoms with E-state index in [-0.39, 0.29) is 28.9 Å². The number of sulfonamides is 1. The van der Waals surface area contributed by atoms with Gasteiger partial charge >= 0.3 is 5.97 Å². The maximum atomic E-state index is 13.9. The summed E-state index contributed by atoms with van der Waals surface area (Å²) in [6.45, 7) is 3.31. The van der Waals surface area contributed by atoms with Gasteiger partial charge in [-0.1, -0.05) is 12.1 Å². The zero-order valence-electron chi connectivity index (χ0n) is 20.2. The molecule has 0 unspecified atom stereocenters. The van der Waals surface area contributed by atoms with Gasteiger partial charge in [-0.2, -0.15) is 8.42 Å². The van der Waals surface area contributed by atoms with E-state index >= 15 is 0 Å². The van der Waals surface area contributed by atoms with Crippen LogP contribution in [0.3, 0.4) is 0 Å². The normalized spacial score (nSPS) is 12.9. The van der Waals surface area contributed by atoms with Crippen molar-refractivity contribution in [1.82, 2.24) is 15.2 Å². The number of aromatic carboxylic acids is 1. The van der Waals surface area contributed by atoms with Crippen molar-refractivity contribution in [2.45, 2.75) is 50.6 Å². The quantitative estimate of drug-likeness (QED) is 0.329. The first kappa shape index (κ1) is 24.9. The lowest BCUT2D eigenvalue weighted by Gasteiger charge is -2.25. The smallest absolute Gasteiger partial charge is 0.335 e. The van der Waals surface area contributed by atoms with Gasteiger partial charge in [0.1, 0.15) is 18.9 Å². The summed E-state index contributed by atoms with van der Waals surface area (Å²) >= 11 is 1.04. The van der Waals surface area contributed by atoms with Crippen LogP contribution in [0.5, 0.6) is 5.75 Å². The number of aryl methyl sites for hydroxylation is 4. The number of ether oxygens (including phenoxy) is 1. The summed E-state index contributed by atoms with van der Waals surface area (Å²) in [5, 5.41) is 18.7. The summed E-state index contributed by atoms with van der Waals surface area (Å²) < 4.78 is 40.6. The molecule has 0 aliphatic heterocycles. The highest BCUT2D eigenvalue weighted by Crippen LogP contribution is 2.39. The molecule has 2 aromatic heterocycles. The van der Waals surface area contributed by atoms with Gasteiger partial charge in [0.05, 0.1) is 11.3 Å². The largest absolute Gasteiger partial charge is 0.487 e. The first-order valence-corrected chi connectivity index (χ1v) is 13.9. The predicted octanol–water partition coefficient (Wildman–Crippen LogP) is 4.30. The van der Waals surface area contributed by atoms with Crippen LogP contribution in [0.25, 0.3) is 0 Å². The lowest BCUT2D eigenvalue weighted by atomic mass is 10.1. The zero-order chi connectivity index (χ0) is 26.2. The zero-order valence-corrected chi connectivity index (χ0v) is 21.8. The lowest BCUT2D eigenvalue weighted by Crippen LogP contribution is -2.31. The van der Waals surface area contributed by atoms with E-state index in [1.807, 2.05) is 12.1 Å². The number of carboxylic acids is 1. The minimum Gasteiger partial charge on any atom is -0.487 e. The Bertz CT molecular complexity index is 1560. The molecule has 1 aliphatic rings. The second kappa shape index (κ2) is 9.94. The number of thiazole rings is 1. The Kier molecular flexibility index (Phi) is 6.69. The van der Waals surface area contributed by atoms with E-state index in [0.29, 0.717) is 23.0 Å². The molecular weight excluding hydrogens is 516 g/mol. The molecule has 4 aromatic rings. The van der Waals surface area contributed by atoms with E-state index in [1.54, 1.807) is 31.4 Å². The van der Waals surface area contributed by atoms with Gasteiger partial charge in [-0.25, -0.2) is 9.78 Å². The first-order valence-electron chi connectivity index (χ1n) is 11.6. The van der Waals surface area contributed by atoms with E-state index < -0.39 is 16.0 Å². The summed E-state index contributed by atoms with van der Waals surface area (Å²) in [5.74, 6) is -0.156. The molecule has 1 N–H and O–H groups in total. The lowest BCUT2D eigenvalue weighted by molar-refractivity contribution is 0.0696. The van der Waals surface area contributed by atoms with Crippen LogP contribution in [-0.2, 0) is 36.0 Å². The van der Waals surface area contributed by atoms with Gasteiger partial charge in [0.2, 0.25) is 16.1 Å². The molecule has 10 nitrogen and oxygen atoms in total. The van der Waals surface area contributed by atoms with Gasteiger partial charge in [-0.15, -0.1) is 21.5 Å². The number of nitrogens with zero attached hydrogens (tertiary/aromatic N) is 4. The fourth-order valence-corrected chi connectivity index (χ4v) is 6.72. The molecule has 0 fully saturated rings. The van der Waals surface area contributed by atoms with Crippen molar-refractivity contribution in [3.05, 3.63) is 81.5 Å². The molecule has 37 heavy (non-hydrogen) atoms. The SMILES string of the molecule is Cc1csc(S(=O)(=O)N(Cc2nnc(C)o2)c2cc3c(cc2OCc2ccc(C(=O)O)cc2)CCC3)n1. The van der Waals surface area contributed by atoms with E-state index in [0.717, 1.165) is 47.3 Å². The molecule has 2 aromatic carbocycles. The topological polar surface area (TPSA) is 136 Å². The summed E-state index contributed by atoms with van der Waals surface area (Å²) in [6, 6.07) is 10.1. The van der Waals surface area contributed by atoms with Gasteiger partial charge in [0.15, 0.2) is 0 Å². The monoisotopic (exact) mass is 540 g/mol. The average molecular weight is 541 g/mol. The minimum absolute atomic E-state index is 0.0445. The number of hydrogen-bond donors (Lipinski definition) is 1. The third-order valence-corrected chi connectivity index (χ3v) is 9.10. The van der Waals surface area contributed by atoms with Gasteiger partial charge in [0, 0.05) is 18.0 Å². The highest BCUT2D eigenvalue weighted by Gasteiger charge is 2.33. The average Bonchev–Trinajstić information content (AvgIpc) is 3.62. The third-order valence-electron chi connectivity index (χ3n) is 5.99. The van der Waals surface area contributed by atoms with Crippen LogP contribution < -0.4 is 9.04 Å².